The van der Waals surface area contributed by atoms with Crippen LogP contribution in [0.15, 0.2) is 12.3 Å². The molecule has 1 fully saturated rings. The zero-order valence-electron chi connectivity index (χ0n) is 8.53. The molecule has 0 amide bonds. The highest BCUT2D eigenvalue weighted by molar-refractivity contribution is 4.96. The average molecular weight is 178 g/mol. The number of hydrogen-bond acceptors (Lipinski definition) is 1. The van der Waals surface area contributed by atoms with Crippen LogP contribution in [0.25, 0.3) is 0 Å². The topological polar surface area (TPSA) is 17.8 Å². The van der Waals surface area contributed by atoms with Gasteiger partial charge < -0.3 is 0 Å². The first-order valence-electron chi connectivity index (χ1n) is 5.27. The molecule has 2 heteroatoms. The molecule has 13 heavy (non-hydrogen) atoms. The van der Waals surface area contributed by atoms with Gasteiger partial charge in [0, 0.05) is 6.20 Å². The molecule has 1 saturated carbocycles. The van der Waals surface area contributed by atoms with Crippen LogP contribution in [0.5, 0.6) is 0 Å². The molecule has 0 unspecified atom stereocenters. The lowest BCUT2D eigenvalue weighted by Crippen LogP contribution is -2.17. The van der Waals surface area contributed by atoms with Gasteiger partial charge >= 0.3 is 0 Å². The van der Waals surface area contributed by atoms with E-state index in [0.717, 1.165) is 11.6 Å². The van der Waals surface area contributed by atoms with Gasteiger partial charge in [0.2, 0.25) is 0 Å². The van der Waals surface area contributed by atoms with Crippen LogP contribution < -0.4 is 0 Å². The minimum atomic E-state index is 0.671. The summed E-state index contributed by atoms with van der Waals surface area (Å²) in [6, 6.07) is 2.77. The highest BCUT2D eigenvalue weighted by Crippen LogP contribution is 2.31. The Morgan fingerprint density at radius 1 is 1.31 bits per heavy atom. The molecule has 1 aliphatic rings. The predicted molar refractivity (Wildman–Crippen MR) is 53.6 cm³/mol. The fourth-order valence-electron chi connectivity index (χ4n) is 2.14. The van der Waals surface area contributed by atoms with Crippen molar-refractivity contribution in [1.82, 2.24) is 9.78 Å². The molecule has 2 rings (SSSR count). The van der Waals surface area contributed by atoms with E-state index in [1.807, 2.05) is 0 Å². The lowest BCUT2D eigenvalue weighted by Gasteiger charge is -2.26. The number of hydrogen-bond donors (Lipinski definition) is 0. The second-order valence-electron chi connectivity index (χ2n) is 4.35. The third kappa shape index (κ3) is 1.93. The summed E-state index contributed by atoms with van der Waals surface area (Å²) in [5.74, 6) is 0.924. The molecule has 1 aliphatic carbocycles. The molecule has 0 radical (unpaired) electrons. The number of rotatable bonds is 1. The van der Waals surface area contributed by atoms with E-state index in [1.165, 1.54) is 25.7 Å². The van der Waals surface area contributed by atoms with Gasteiger partial charge in [0.25, 0.3) is 0 Å². The second-order valence-corrected chi connectivity index (χ2v) is 4.35. The first-order chi connectivity index (χ1) is 6.25. The highest BCUT2D eigenvalue weighted by atomic mass is 15.3. The molecule has 0 aromatic carbocycles. The maximum absolute atomic E-state index is 4.48. The van der Waals surface area contributed by atoms with Gasteiger partial charge in [0.05, 0.1) is 11.7 Å². The number of aryl methyl sites for hydroxylation is 1. The van der Waals surface area contributed by atoms with Crippen molar-refractivity contribution in [2.45, 2.75) is 45.6 Å². The van der Waals surface area contributed by atoms with E-state index in [-0.39, 0.29) is 0 Å². The van der Waals surface area contributed by atoms with Gasteiger partial charge in [-0.1, -0.05) is 6.92 Å². The summed E-state index contributed by atoms with van der Waals surface area (Å²) in [4.78, 5) is 0. The van der Waals surface area contributed by atoms with E-state index >= 15 is 0 Å². The molecule has 1 heterocycles. The van der Waals surface area contributed by atoms with Gasteiger partial charge in [-0.2, -0.15) is 5.10 Å². The molecular formula is C11H18N2. The van der Waals surface area contributed by atoms with E-state index in [2.05, 4.69) is 35.9 Å². The molecule has 1 aromatic rings. The third-order valence-electron chi connectivity index (χ3n) is 3.10. The first kappa shape index (κ1) is 8.79. The van der Waals surface area contributed by atoms with Crippen molar-refractivity contribution < 1.29 is 0 Å². The normalized spacial score (nSPS) is 29.1. The minimum absolute atomic E-state index is 0.671. The van der Waals surface area contributed by atoms with Crippen molar-refractivity contribution in [2.75, 3.05) is 0 Å². The van der Waals surface area contributed by atoms with Gasteiger partial charge in [0.1, 0.15) is 0 Å². The van der Waals surface area contributed by atoms with Gasteiger partial charge in [-0.25, -0.2) is 0 Å². The highest BCUT2D eigenvalue weighted by Gasteiger charge is 2.19. The SMILES string of the molecule is Cc1ccn([C@H]2CC[C@H](C)CC2)n1. The van der Waals surface area contributed by atoms with Gasteiger partial charge in [0.15, 0.2) is 0 Å². The van der Waals surface area contributed by atoms with Crippen LogP contribution in [-0.4, -0.2) is 9.78 Å². The summed E-state index contributed by atoms with van der Waals surface area (Å²) in [5, 5.41) is 4.48. The molecule has 0 N–H and O–H groups in total. The molecule has 0 aliphatic heterocycles. The van der Waals surface area contributed by atoms with Crippen LogP contribution in [0.1, 0.15) is 44.3 Å². The predicted octanol–water partition coefficient (Wildman–Crippen LogP) is 2.94. The van der Waals surface area contributed by atoms with Gasteiger partial charge in [-0.3, -0.25) is 4.68 Å². The largest absolute Gasteiger partial charge is 0.269 e. The lowest BCUT2D eigenvalue weighted by molar-refractivity contribution is 0.273. The van der Waals surface area contributed by atoms with E-state index in [0.29, 0.717) is 6.04 Å². The standard InChI is InChI=1S/C11H18N2/c1-9-3-5-11(6-4-9)13-8-7-10(2)12-13/h7-9,11H,3-6H2,1-2H3/t9-,11-. The Balaban J connectivity index is 2.02. The average Bonchev–Trinajstić information content (AvgIpc) is 2.53. The molecule has 0 saturated heterocycles. The van der Waals surface area contributed by atoms with Crippen molar-refractivity contribution in [1.29, 1.82) is 0 Å². The van der Waals surface area contributed by atoms with Crippen molar-refractivity contribution in [2.24, 2.45) is 5.92 Å². The van der Waals surface area contributed by atoms with Crippen LogP contribution in [0, 0.1) is 12.8 Å². The molecule has 72 valence electrons. The Kier molecular flexibility index (Phi) is 2.38. The van der Waals surface area contributed by atoms with Crippen LogP contribution in [0.3, 0.4) is 0 Å². The summed E-state index contributed by atoms with van der Waals surface area (Å²) < 4.78 is 2.15. The van der Waals surface area contributed by atoms with Crippen LogP contribution in [-0.2, 0) is 0 Å². The zero-order chi connectivity index (χ0) is 9.26. The van der Waals surface area contributed by atoms with E-state index < -0.39 is 0 Å². The maximum atomic E-state index is 4.48. The molecule has 0 atom stereocenters. The molecule has 0 bridgehead atoms. The Bertz CT molecular complexity index is 269. The zero-order valence-corrected chi connectivity index (χ0v) is 8.53. The van der Waals surface area contributed by atoms with Crippen molar-refractivity contribution in [3.05, 3.63) is 18.0 Å². The first-order valence-corrected chi connectivity index (χ1v) is 5.27. The quantitative estimate of drug-likeness (QED) is 0.646. The Morgan fingerprint density at radius 2 is 2.00 bits per heavy atom. The smallest absolute Gasteiger partial charge is 0.0593 e. The third-order valence-corrected chi connectivity index (χ3v) is 3.10. The Morgan fingerprint density at radius 3 is 2.54 bits per heavy atom. The number of aromatic nitrogens is 2. The number of nitrogens with zero attached hydrogens (tertiary/aromatic N) is 2. The summed E-state index contributed by atoms with van der Waals surface area (Å²) >= 11 is 0. The van der Waals surface area contributed by atoms with Gasteiger partial charge in [-0.05, 0) is 44.6 Å². The fourth-order valence-corrected chi connectivity index (χ4v) is 2.14. The van der Waals surface area contributed by atoms with Gasteiger partial charge in [-0.15, -0.1) is 0 Å². The summed E-state index contributed by atoms with van der Waals surface area (Å²) in [7, 11) is 0. The van der Waals surface area contributed by atoms with E-state index in [4.69, 9.17) is 0 Å². The van der Waals surface area contributed by atoms with Crippen molar-refractivity contribution >= 4 is 0 Å². The van der Waals surface area contributed by atoms with Crippen molar-refractivity contribution in [3.63, 3.8) is 0 Å². The van der Waals surface area contributed by atoms with Crippen LogP contribution in [0.4, 0.5) is 0 Å². The summed E-state index contributed by atoms with van der Waals surface area (Å²) in [6.45, 7) is 4.41. The van der Waals surface area contributed by atoms with Crippen LogP contribution in [0.2, 0.25) is 0 Å². The van der Waals surface area contributed by atoms with E-state index in [9.17, 15) is 0 Å². The molecule has 0 spiro atoms. The minimum Gasteiger partial charge on any atom is -0.269 e. The summed E-state index contributed by atoms with van der Waals surface area (Å²) in [6.07, 6.45) is 7.47. The molecule has 1 aromatic heterocycles. The second kappa shape index (κ2) is 3.52. The maximum Gasteiger partial charge on any atom is 0.0593 e. The summed E-state index contributed by atoms with van der Waals surface area (Å²) in [5.41, 5.74) is 1.14. The van der Waals surface area contributed by atoms with E-state index in [1.54, 1.807) is 0 Å². The lowest BCUT2D eigenvalue weighted by atomic mass is 9.87. The van der Waals surface area contributed by atoms with Crippen LogP contribution >= 0.6 is 0 Å². The molecular weight excluding hydrogens is 160 g/mol. The monoisotopic (exact) mass is 178 g/mol. The van der Waals surface area contributed by atoms with Crippen molar-refractivity contribution in [3.8, 4) is 0 Å². The fraction of sp³-hybridized carbons (Fsp3) is 0.727. The molecule has 2 nitrogen and oxygen atoms in total. The Hall–Kier alpha value is -0.790. The Labute approximate surface area is 80.0 Å².